The number of aryl methyl sites for hydroxylation is 1. The van der Waals surface area contributed by atoms with E-state index >= 15 is 0 Å². The molecule has 0 aliphatic rings. The maximum Gasteiger partial charge on any atom is 0.220 e. The van der Waals surface area contributed by atoms with Crippen LogP contribution in [0.15, 0.2) is 24.3 Å². The summed E-state index contributed by atoms with van der Waals surface area (Å²) in [6.45, 7) is 5.83. The predicted molar refractivity (Wildman–Crippen MR) is 146 cm³/mol. The minimum atomic E-state index is 0.114. The van der Waals surface area contributed by atoms with E-state index in [1.54, 1.807) is 0 Å². The number of benzene rings is 1. The van der Waals surface area contributed by atoms with E-state index in [0.29, 0.717) is 13.0 Å². The van der Waals surface area contributed by atoms with Gasteiger partial charge in [0.05, 0.1) is 17.6 Å². The van der Waals surface area contributed by atoms with Gasteiger partial charge in [-0.05, 0) is 25.0 Å². The second kappa shape index (κ2) is 18.5. The molecule has 1 heterocycles. The van der Waals surface area contributed by atoms with Crippen LogP contribution >= 0.6 is 0 Å². The summed E-state index contributed by atoms with van der Waals surface area (Å²) in [6, 6.07) is 8.32. The molecule has 1 N–H and O–H groups in total. The van der Waals surface area contributed by atoms with Gasteiger partial charge < -0.3 is 9.88 Å². The van der Waals surface area contributed by atoms with Crippen LogP contribution in [0, 0.1) is 0 Å². The average Bonchev–Trinajstić information content (AvgIpc) is 3.20. The highest BCUT2D eigenvalue weighted by molar-refractivity contribution is 5.77. The summed E-state index contributed by atoms with van der Waals surface area (Å²) in [4.78, 5) is 16.7. The van der Waals surface area contributed by atoms with Gasteiger partial charge in [-0.1, -0.05) is 122 Å². The molecule has 34 heavy (non-hydrogen) atoms. The van der Waals surface area contributed by atoms with Gasteiger partial charge in [0.1, 0.15) is 5.82 Å². The van der Waals surface area contributed by atoms with Crippen LogP contribution < -0.4 is 5.32 Å². The van der Waals surface area contributed by atoms with Gasteiger partial charge in [0.15, 0.2) is 0 Å². The summed E-state index contributed by atoms with van der Waals surface area (Å²) in [7, 11) is 0. The van der Waals surface area contributed by atoms with Gasteiger partial charge in [-0.15, -0.1) is 0 Å². The second-order valence-corrected chi connectivity index (χ2v) is 10.00. The number of imidazole rings is 1. The molecule has 4 heteroatoms. The van der Waals surface area contributed by atoms with Crippen LogP contribution in [0.5, 0.6) is 0 Å². The standard InChI is InChI=1S/C30H51N3O/c1-3-5-6-7-8-9-10-11-12-13-14-15-16-17-18-21-25-33-28-24-20-19-23-27(28)32-29(33)26-31-30(34)22-4-2/h19-20,23-24H,3-18,21-22,25-26H2,1-2H3,(H,31,34). The largest absolute Gasteiger partial charge is 0.349 e. The van der Waals surface area contributed by atoms with Gasteiger partial charge in [0.25, 0.3) is 0 Å². The summed E-state index contributed by atoms with van der Waals surface area (Å²) in [5.41, 5.74) is 2.21. The summed E-state index contributed by atoms with van der Waals surface area (Å²) in [5.74, 6) is 1.09. The first kappa shape index (κ1) is 28.4. The van der Waals surface area contributed by atoms with Crippen LogP contribution in [-0.4, -0.2) is 15.5 Å². The Morgan fingerprint density at radius 2 is 1.26 bits per heavy atom. The van der Waals surface area contributed by atoms with Gasteiger partial charge in [-0.3, -0.25) is 4.79 Å². The summed E-state index contributed by atoms with van der Waals surface area (Å²) >= 11 is 0. The Labute approximate surface area is 209 Å². The van der Waals surface area contributed by atoms with Crippen molar-refractivity contribution in [1.29, 1.82) is 0 Å². The molecule has 0 unspecified atom stereocenters. The SMILES string of the molecule is CCCCCCCCCCCCCCCCCCn1c(CNC(=O)CCC)nc2ccccc21. The molecular weight excluding hydrogens is 418 g/mol. The van der Waals surface area contributed by atoms with E-state index in [2.05, 4.69) is 35.0 Å². The Morgan fingerprint density at radius 1 is 0.735 bits per heavy atom. The van der Waals surface area contributed by atoms with Crippen LogP contribution in [0.3, 0.4) is 0 Å². The number of nitrogens with zero attached hydrogens (tertiary/aromatic N) is 2. The first-order valence-corrected chi connectivity index (χ1v) is 14.5. The number of unbranched alkanes of at least 4 members (excludes halogenated alkanes) is 15. The molecule has 0 fully saturated rings. The third kappa shape index (κ3) is 11.5. The zero-order valence-electron chi connectivity index (χ0n) is 22.3. The second-order valence-electron chi connectivity index (χ2n) is 10.00. The van der Waals surface area contributed by atoms with Crippen LogP contribution in [0.25, 0.3) is 11.0 Å². The normalized spacial score (nSPS) is 11.4. The Kier molecular flexibility index (Phi) is 15.4. The third-order valence-corrected chi connectivity index (χ3v) is 6.89. The first-order valence-electron chi connectivity index (χ1n) is 14.5. The van der Waals surface area contributed by atoms with Crippen LogP contribution in [0.2, 0.25) is 0 Å². The number of carbonyl (C=O) groups is 1. The molecule has 0 saturated heterocycles. The number of rotatable bonds is 21. The van der Waals surface area contributed by atoms with Crippen molar-refractivity contribution >= 4 is 16.9 Å². The third-order valence-electron chi connectivity index (χ3n) is 6.89. The summed E-state index contributed by atoms with van der Waals surface area (Å²) < 4.78 is 2.31. The lowest BCUT2D eigenvalue weighted by Crippen LogP contribution is -2.24. The quantitative estimate of drug-likeness (QED) is 0.186. The number of nitrogens with one attached hydrogen (secondary N) is 1. The number of amides is 1. The molecular formula is C30H51N3O. The lowest BCUT2D eigenvalue weighted by atomic mass is 10.0. The Balaban J connectivity index is 1.54. The van der Waals surface area contributed by atoms with Crippen molar-refractivity contribution in [2.45, 2.75) is 143 Å². The zero-order valence-corrected chi connectivity index (χ0v) is 22.3. The van der Waals surface area contributed by atoms with Crippen molar-refractivity contribution in [2.75, 3.05) is 0 Å². The lowest BCUT2D eigenvalue weighted by molar-refractivity contribution is -0.121. The highest BCUT2D eigenvalue weighted by Crippen LogP contribution is 2.18. The summed E-state index contributed by atoms with van der Waals surface area (Å²) in [6.07, 6.45) is 23.7. The molecule has 1 aromatic carbocycles. The topological polar surface area (TPSA) is 46.9 Å². The molecule has 0 aliphatic heterocycles. The number of fused-ring (bicyclic) bond motifs is 1. The fourth-order valence-corrected chi connectivity index (χ4v) is 4.82. The molecule has 192 valence electrons. The van der Waals surface area contributed by atoms with Gasteiger partial charge in [-0.25, -0.2) is 4.98 Å². The Morgan fingerprint density at radius 3 is 1.82 bits per heavy atom. The highest BCUT2D eigenvalue weighted by Gasteiger charge is 2.11. The molecule has 1 aromatic heterocycles. The maximum absolute atomic E-state index is 11.9. The molecule has 2 aromatic rings. The van der Waals surface area contributed by atoms with E-state index in [1.807, 2.05) is 13.0 Å². The molecule has 0 saturated carbocycles. The van der Waals surface area contributed by atoms with Gasteiger partial charge in [0, 0.05) is 13.0 Å². The van der Waals surface area contributed by atoms with Crippen molar-refractivity contribution < 1.29 is 4.79 Å². The number of aromatic nitrogens is 2. The van der Waals surface area contributed by atoms with Crippen molar-refractivity contribution in [2.24, 2.45) is 0 Å². The van der Waals surface area contributed by atoms with E-state index in [1.165, 1.54) is 108 Å². The van der Waals surface area contributed by atoms with Crippen molar-refractivity contribution in [3.8, 4) is 0 Å². The van der Waals surface area contributed by atoms with Crippen LogP contribution in [0.1, 0.15) is 135 Å². The van der Waals surface area contributed by atoms with Crippen molar-refractivity contribution in [3.63, 3.8) is 0 Å². The molecule has 0 spiro atoms. The summed E-state index contributed by atoms with van der Waals surface area (Å²) in [5, 5.41) is 3.04. The fourth-order valence-electron chi connectivity index (χ4n) is 4.82. The minimum absolute atomic E-state index is 0.114. The van der Waals surface area contributed by atoms with E-state index in [-0.39, 0.29) is 5.91 Å². The zero-order chi connectivity index (χ0) is 24.3. The maximum atomic E-state index is 11.9. The molecule has 0 aliphatic carbocycles. The molecule has 0 atom stereocenters. The first-order chi connectivity index (χ1) is 16.8. The molecule has 4 nitrogen and oxygen atoms in total. The number of hydrogen-bond acceptors (Lipinski definition) is 2. The molecule has 2 rings (SSSR count). The lowest BCUT2D eigenvalue weighted by Gasteiger charge is -2.10. The van der Waals surface area contributed by atoms with Gasteiger partial charge in [0.2, 0.25) is 5.91 Å². The minimum Gasteiger partial charge on any atom is -0.349 e. The fraction of sp³-hybridized carbons (Fsp3) is 0.733. The average molecular weight is 470 g/mol. The predicted octanol–water partition coefficient (Wildman–Crippen LogP) is 8.71. The Bertz CT molecular complexity index is 782. The smallest absolute Gasteiger partial charge is 0.220 e. The van der Waals surface area contributed by atoms with E-state index in [9.17, 15) is 4.79 Å². The highest BCUT2D eigenvalue weighted by atomic mass is 16.1. The molecule has 1 amide bonds. The van der Waals surface area contributed by atoms with Gasteiger partial charge >= 0.3 is 0 Å². The van der Waals surface area contributed by atoms with Crippen LogP contribution in [0.4, 0.5) is 0 Å². The number of hydrogen-bond donors (Lipinski definition) is 1. The van der Waals surface area contributed by atoms with Gasteiger partial charge in [-0.2, -0.15) is 0 Å². The number of para-hydroxylation sites is 2. The Hall–Kier alpha value is -1.84. The van der Waals surface area contributed by atoms with E-state index in [4.69, 9.17) is 4.98 Å². The van der Waals surface area contributed by atoms with Crippen molar-refractivity contribution in [1.82, 2.24) is 14.9 Å². The number of carbonyl (C=O) groups excluding carboxylic acids is 1. The van der Waals surface area contributed by atoms with Crippen LogP contribution in [-0.2, 0) is 17.9 Å². The molecule has 0 bridgehead atoms. The monoisotopic (exact) mass is 469 g/mol. The van der Waals surface area contributed by atoms with Crippen molar-refractivity contribution in [3.05, 3.63) is 30.1 Å². The van der Waals surface area contributed by atoms with E-state index in [0.717, 1.165) is 24.3 Å². The van der Waals surface area contributed by atoms with E-state index < -0.39 is 0 Å². The molecule has 0 radical (unpaired) electrons.